The summed E-state index contributed by atoms with van der Waals surface area (Å²) < 4.78 is 0. The molecule has 0 spiro atoms. The number of nitrogens with zero attached hydrogens (tertiary/aromatic N) is 2. The van der Waals surface area contributed by atoms with Gasteiger partial charge >= 0.3 is 0 Å². The van der Waals surface area contributed by atoms with Crippen molar-refractivity contribution in [2.75, 3.05) is 19.1 Å². The first-order valence-electron chi connectivity index (χ1n) is 6.39. The first kappa shape index (κ1) is 20.2. The monoisotopic (exact) mass is 274 g/mol. The fraction of sp³-hybridized carbons (Fsp3) is 0.312. The maximum absolute atomic E-state index is 8.69. The van der Waals surface area contributed by atoms with E-state index >= 15 is 0 Å². The molecule has 0 aromatic heterocycles. The minimum atomic E-state index is 0.674. The Bertz CT molecular complexity index is 427. The Labute approximate surface area is 123 Å². The number of anilines is 1. The van der Waals surface area contributed by atoms with Crippen molar-refractivity contribution in [1.29, 1.82) is 5.26 Å². The minimum absolute atomic E-state index is 0.674. The highest BCUT2D eigenvalue weighted by Crippen LogP contribution is 2.16. The van der Waals surface area contributed by atoms with Crippen LogP contribution in [-0.4, -0.2) is 14.1 Å². The van der Waals surface area contributed by atoms with Gasteiger partial charge < -0.3 is 5.73 Å². The van der Waals surface area contributed by atoms with Gasteiger partial charge in [-0.2, -0.15) is 5.26 Å². The molecule has 110 valence electrons. The lowest BCUT2D eigenvalue weighted by Crippen LogP contribution is -2.33. The highest BCUT2D eigenvalue weighted by atomic mass is 15.5. The van der Waals surface area contributed by atoms with Crippen molar-refractivity contribution in [3.63, 3.8) is 0 Å². The normalized spacial score (nSPS) is 9.15. The van der Waals surface area contributed by atoms with Crippen LogP contribution in [-0.2, 0) is 0 Å². The third kappa shape index (κ3) is 7.37. The quantitative estimate of drug-likeness (QED) is 0.656. The maximum Gasteiger partial charge on any atom is 0.0991 e. The van der Waals surface area contributed by atoms with Crippen LogP contribution in [0.2, 0.25) is 0 Å². The number of benzene rings is 1. The van der Waals surface area contributed by atoms with Crippen molar-refractivity contribution < 1.29 is 0 Å². The van der Waals surface area contributed by atoms with Crippen molar-refractivity contribution in [2.45, 2.75) is 20.8 Å². The first-order chi connectivity index (χ1) is 9.64. The average molecular weight is 274 g/mol. The highest BCUT2D eigenvalue weighted by molar-refractivity contribution is 5.52. The molecule has 0 saturated heterocycles. The molecule has 1 aromatic carbocycles. The van der Waals surface area contributed by atoms with Crippen LogP contribution in [0.4, 0.5) is 5.69 Å². The second kappa shape index (κ2) is 13.3. The molecule has 0 aliphatic carbocycles. The molecule has 4 heteroatoms. The lowest BCUT2D eigenvalue weighted by atomic mass is 10.2. The molecule has 0 heterocycles. The van der Waals surface area contributed by atoms with E-state index in [2.05, 4.69) is 23.8 Å². The van der Waals surface area contributed by atoms with Gasteiger partial charge in [0.25, 0.3) is 0 Å². The maximum atomic E-state index is 8.69. The number of nitrogens with two attached hydrogens (primary N) is 1. The lowest BCUT2D eigenvalue weighted by Gasteiger charge is -2.23. The third-order valence-electron chi connectivity index (χ3n) is 2.25. The van der Waals surface area contributed by atoms with Gasteiger partial charge in [-0.3, -0.25) is 5.01 Å². The van der Waals surface area contributed by atoms with Crippen LogP contribution < -0.4 is 16.2 Å². The van der Waals surface area contributed by atoms with E-state index in [1.807, 2.05) is 63.2 Å². The summed E-state index contributed by atoms with van der Waals surface area (Å²) in [5, 5.41) is 10.6. The Morgan fingerprint density at radius 2 is 1.75 bits per heavy atom. The van der Waals surface area contributed by atoms with Crippen LogP contribution in [0.15, 0.2) is 48.7 Å². The smallest absolute Gasteiger partial charge is 0.0991 e. The van der Waals surface area contributed by atoms with Gasteiger partial charge in [-0.15, -0.1) is 6.58 Å². The van der Waals surface area contributed by atoms with E-state index in [0.717, 1.165) is 11.4 Å². The molecule has 0 atom stereocenters. The zero-order valence-corrected chi connectivity index (χ0v) is 13.1. The summed E-state index contributed by atoms with van der Waals surface area (Å²) >= 11 is 0. The van der Waals surface area contributed by atoms with Crippen molar-refractivity contribution in [3.8, 4) is 6.07 Å². The van der Waals surface area contributed by atoms with E-state index in [1.165, 1.54) is 7.05 Å². The molecule has 0 radical (unpaired) electrons. The fourth-order valence-electron chi connectivity index (χ4n) is 1.32. The number of hydrogen-bond donors (Lipinski definition) is 2. The Balaban J connectivity index is 0. The zero-order valence-electron chi connectivity index (χ0n) is 13.1. The van der Waals surface area contributed by atoms with Gasteiger partial charge in [0.1, 0.15) is 0 Å². The molecule has 0 amide bonds. The number of hydrogen-bond acceptors (Lipinski definition) is 4. The Morgan fingerprint density at radius 1 is 1.30 bits per heavy atom. The van der Waals surface area contributed by atoms with E-state index in [4.69, 9.17) is 5.26 Å². The standard InChI is InChI=1S/C12H15N3.C3H6.CH5N/c1-4-10(2)15(14-3)12-7-5-11(9-13)6-8-12;1-3-2;1-2/h4-8,14H,1-3H3;3H,1H2,2H3;2H2,1H3/b10-4-;;. The van der Waals surface area contributed by atoms with Gasteiger partial charge in [-0.1, -0.05) is 12.2 Å². The molecule has 20 heavy (non-hydrogen) atoms. The van der Waals surface area contributed by atoms with Gasteiger partial charge in [0, 0.05) is 12.7 Å². The summed E-state index contributed by atoms with van der Waals surface area (Å²) in [5.74, 6) is 0. The first-order valence-corrected chi connectivity index (χ1v) is 6.39. The highest BCUT2D eigenvalue weighted by Gasteiger charge is 2.04. The van der Waals surface area contributed by atoms with Crippen LogP contribution >= 0.6 is 0 Å². The van der Waals surface area contributed by atoms with Crippen LogP contribution in [0.5, 0.6) is 0 Å². The van der Waals surface area contributed by atoms with Gasteiger partial charge in [0.2, 0.25) is 0 Å². The Hall–Kier alpha value is -2.09. The number of nitriles is 1. The molecule has 1 rings (SSSR count). The number of nitrogens with one attached hydrogen (secondary N) is 1. The molecular formula is C16H26N4. The molecule has 0 bridgehead atoms. The summed E-state index contributed by atoms with van der Waals surface area (Å²) in [7, 11) is 3.37. The predicted molar refractivity (Wildman–Crippen MR) is 88.1 cm³/mol. The van der Waals surface area contributed by atoms with E-state index in [9.17, 15) is 0 Å². The number of allylic oxidation sites excluding steroid dienone is 3. The molecule has 0 aliphatic rings. The van der Waals surface area contributed by atoms with Gasteiger partial charge in [-0.25, -0.2) is 5.43 Å². The summed E-state index contributed by atoms with van der Waals surface area (Å²) in [6, 6.07) is 9.55. The summed E-state index contributed by atoms with van der Waals surface area (Å²) in [6.07, 6.45) is 3.77. The van der Waals surface area contributed by atoms with E-state index in [0.29, 0.717) is 5.56 Å². The van der Waals surface area contributed by atoms with Crippen molar-refractivity contribution in [1.82, 2.24) is 5.43 Å². The van der Waals surface area contributed by atoms with Gasteiger partial charge in [0.05, 0.1) is 17.3 Å². The Morgan fingerprint density at radius 3 is 2.05 bits per heavy atom. The fourth-order valence-corrected chi connectivity index (χ4v) is 1.32. The topological polar surface area (TPSA) is 65.1 Å². The predicted octanol–water partition coefficient (Wildman–Crippen LogP) is 3.19. The molecule has 1 aromatic rings. The largest absolute Gasteiger partial charge is 0.333 e. The van der Waals surface area contributed by atoms with Crippen molar-refractivity contribution in [3.05, 3.63) is 54.3 Å². The van der Waals surface area contributed by atoms with Crippen LogP contribution in [0.1, 0.15) is 26.3 Å². The second-order valence-electron chi connectivity index (χ2n) is 3.56. The average Bonchev–Trinajstić information content (AvgIpc) is 2.51. The number of hydrazine groups is 1. The summed E-state index contributed by atoms with van der Waals surface area (Å²) in [4.78, 5) is 0. The van der Waals surface area contributed by atoms with Crippen LogP contribution in [0.3, 0.4) is 0 Å². The summed E-state index contributed by atoms with van der Waals surface area (Å²) in [5.41, 5.74) is 10.4. The lowest BCUT2D eigenvalue weighted by molar-refractivity contribution is 0.787. The molecule has 0 unspecified atom stereocenters. The Kier molecular flexibility index (Phi) is 13.5. The van der Waals surface area contributed by atoms with E-state index in [-0.39, 0.29) is 0 Å². The second-order valence-corrected chi connectivity index (χ2v) is 3.56. The van der Waals surface area contributed by atoms with Gasteiger partial charge in [0.15, 0.2) is 0 Å². The van der Waals surface area contributed by atoms with Crippen molar-refractivity contribution >= 4 is 5.69 Å². The van der Waals surface area contributed by atoms with E-state index < -0.39 is 0 Å². The SMILES string of the molecule is C/C=C(/C)N(NC)c1ccc(C#N)cc1.C=CC.CN. The van der Waals surface area contributed by atoms with Crippen LogP contribution in [0, 0.1) is 11.3 Å². The zero-order chi connectivity index (χ0) is 16.0. The third-order valence-corrected chi connectivity index (χ3v) is 2.25. The van der Waals surface area contributed by atoms with Crippen molar-refractivity contribution in [2.24, 2.45) is 5.73 Å². The van der Waals surface area contributed by atoms with E-state index in [1.54, 1.807) is 6.08 Å². The molecule has 0 aliphatic heterocycles. The molecule has 3 N–H and O–H groups in total. The molecule has 4 nitrogen and oxygen atoms in total. The van der Waals surface area contributed by atoms with Gasteiger partial charge in [-0.05, 0) is 52.1 Å². The van der Waals surface area contributed by atoms with Crippen LogP contribution in [0.25, 0.3) is 0 Å². The molecule has 0 fully saturated rings. The molecule has 0 saturated carbocycles. The minimum Gasteiger partial charge on any atom is -0.333 e. The molecular weight excluding hydrogens is 248 g/mol. The number of rotatable bonds is 3. The summed E-state index contributed by atoms with van der Waals surface area (Å²) in [6.45, 7) is 9.26.